The Labute approximate surface area is 144 Å². The summed E-state index contributed by atoms with van der Waals surface area (Å²) in [4.78, 5) is 14.5. The number of urea groups is 1. The van der Waals surface area contributed by atoms with Crippen molar-refractivity contribution in [3.05, 3.63) is 24.3 Å². The van der Waals surface area contributed by atoms with Gasteiger partial charge in [-0.3, -0.25) is 0 Å². The molecule has 1 saturated carbocycles. The van der Waals surface area contributed by atoms with E-state index in [1.807, 2.05) is 4.90 Å². The molecule has 0 radical (unpaired) electrons. The SMILES string of the molecule is O=C(Nc1cccc(S(=O)(=O)C2CCCC2)c1)N1CCCCCC1. The van der Waals surface area contributed by atoms with E-state index in [9.17, 15) is 13.2 Å². The van der Waals surface area contributed by atoms with Gasteiger partial charge in [0, 0.05) is 18.8 Å². The molecule has 1 N–H and O–H groups in total. The molecule has 24 heavy (non-hydrogen) atoms. The van der Waals surface area contributed by atoms with Crippen LogP contribution in [-0.2, 0) is 9.84 Å². The average molecular weight is 350 g/mol. The van der Waals surface area contributed by atoms with Gasteiger partial charge in [0.15, 0.2) is 9.84 Å². The molecule has 1 aliphatic heterocycles. The van der Waals surface area contributed by atoms with E-state index in [0.717, 1.165) is 51.6 Å². The van der Waals surface area contributed by atoms with Gasteiger partial charge in [-0.2, -0.15) is 0 Å². The number of likely N-dealkylation sites (tertiary alicyclic amines) is 1. The highest BCUT2D eigenvalue weighted by molar-refractivity contribution is 7.92. The Morgan fingerprint density at radius 1 is 1.00 bits per heavy atom. The fourth-order valence-electron chi connectivity index (χ4n) is 3.62. The Balaban J connectivity index is 1.72. The molecule has 1 saturated heterocycles. The van der Waals surface area contributed by atoms with Crippen molar-refractivity contribution in [1.29, 1.82) is 0 Å². The highest BCUT2D eigenvalue weighted by atomic mass is 32.2. The van der Waals surface area contributed by atoms with Gasteiger partial charge in [0.1, 0.15) is 0 Å². The molecule has 6 heteroatoms. The molecule has 0 unspecified atom stereocenters. The number of sulfone groups is 1. The van der Waals surface area contributed by atoms with Gasteiger partial charge in [-0.25, -0.2) is 13.2 Å². The van der Waals surface area contributed by atoms with Gasteiger partial charge in [0.05, 0.1) is 10.1 Å². The lowest BCUT2D eigenvalue weighted by Crippen LogP contribution is -2.35. The van der Waals surface area contributed by atoms with Gasteiger partial charge < -0.3 is 10.2 Å². The first kappa shape index (κ1) is 17.3. The predicted octanol–water partition coefficient (Wildman–Crippen LogP) is 3.81. The molecule has 2 amide bonds. The summed E-state index contributed by atoms with van der Waals surface area (Å²) in [6, 6.07) is 6.56. The van der Waals surface area contributed by atoms with Crippen molar-refractivity contribution < 1.29 is 13.2 Å². The minimum atomic E-state index is -3.29. The van der Waals surface area contributed by atoms with Gasteiger partial charge in [0.25, 0.3) is 0 Å². The van der Waals surface area contributed by atoms with Crippen LogP contribution in [0.25, 0.3) is 0 Å². The third-order valence-electron chi connectivity index (χ3n) is 5.05. The van der Waals surface area contributed by atoms with Crippen LogP contribution >= 0.6 is 0 Å². The molecule has 1 aliphatic carbocycles. The first-order valence-electron chi connectivity index (χ1n) is 8.97. The number of amides is 2. The molecule has 0 spiro atoms. The van der Waals surface area contributed by atoms with Crippen LogP contribution < -0.4 is 5.32 Å². The third-order valence-corrected chi connectivity index (χ3v) is 7.31. The number of rotatable bonds is 3. The first-order chi connectivity index (χ1) is 11.6. The van der Waals surface area contributed by atoms with Gasteiger partial charge in [-0.15, -0.1) is 0 Å². The molecule has 1 heterocycles. The van der Waals surface area contributed by atoms with Crippen LogP contribution in [0.3, 0.4) is 0 Å². The largest absolute Gasteiger partial charge is 0.325 e. The summed E-state index contributed by atoms with van der Waals surface area (Å²) in [5.41, 5.74) is 0.559. The van der Waals surface area contributed by atoms with Crippen LogP contribution in [-0.4, -0.2) is 37.7 Å². The van der Waals surface area contributed by atoms with Crippen LogP contribution in [0.15, 0.2) is 29.2 Å². The number of benzene rings is 1. The average Bonchev–Trinajstić information content (AvgIpc) is 2.99. The summed E-state index contributed by atoms with van der Waals surface area (Å²) in [6.07, 6.45) is 7.84. The molecular weight excluding hydrogens is 324 g/mol. The van der Waals surface area contributed by atoms with E-state index in [4.69, 9.17) is 0 Å². The summed E-state index contributed by atoms with van der Waals surface area (Å²) in [7, 11) is -3.29. The quantitative estimate of drug-likeness (QED) is 0.901. The lowest BCUT2D eigenvalue weighted by atomic mass is 10.2. The first-order valence-corrected chi connectivity index (χ1v) is 10.5. The molecule has 0 atom stereocenters. The summed E-state index contributed by atoms with van der Waals surface area (Å²) in [6.45, 7) is 1.54. The van der Waals surface area contributed by atoms with Gasteiger partial charge in [0.2, 0.25) is 0 Å². The van der Waals surface area contributed by atoms with E-state index < -0.39 is 9.84 Å². The highest BCUT2D eigenvalue weighted by Gasteiger charge is 2.30. The molecule has 2 fully saturated rings. The second-order valence-electron chi connectivity index (χ2n) is 6.81. The number of anilines is 1. The molecule has 132 valence electrons. The van der Waals surface area contributed by atoms with Gasteiger partial charge >= 0.3 is 6.03 Å². The van der Waals surface area contributed by atoms with Gasteiger partial charge in [-0.1, -0.05) is 31.7 Å². The maximum atomic E-state index is 12.7. The Bertz CT molecular complexity index is 673. The van der Waals surface area contributed by atoms with Crippen molar-refractivity contribution in [2.45, 2.75) is 61.5 Å². The zero-order valence-corrected chi connectivity index (χ0v) is 14.9. The lowest BCUT2D eigenvalue weighted by Gasteiger charge is -2.21. The van der Waals surface area contributed by atoms with Crippen molar-refractivity contribution in [1.82, 2.24) is 4.90 Å². The number of hydrogen-bond acceptors (Lipinski definition) is 3. The number of hydrogen-bond donors (Lipinski definition) is 1. The maximum Gasteiger partial charge on any atom is 0.321 e. The van der Waals surface area contributed by atoms with Crippen LogP contribution in [0.1, 0.15) is 51.4 Å². The second-order valence-corrected chi connectivity index (χ2v) is 9.04. The van der Waals surface area contributed by atoms with E-state index in [1.54, 1.807) is 24.3 Å². The number of nitrogens with zero attached hydrogens (tertiary/aromatic N) is 1. The third kappa shape index (κ3) is 3.91. The monoisotopic (exact) mass is 350 g/mol. The van der Waals surface area contributed by atoms with E-state index in [2.05, 4.69) is 5.32 Å². The summed E-state index contributed by atoms with van der Waals surface area (Å²) < 4.78 is 25.4. The van der Waals surface area contributed by atoms with Crippen LogP contribution in [0.5, 0.6) is 0 Å². The molecule has 1 aromatic carbocycles. The number of carbonyl (C=O) groups excluding carboxylic acids is 1. The van der Waals surface area contributed by atoms with Crippen molar-refractivity contribution in [2.75, 3.05) is 18.4 Å². The van der Waals surface area contributed by atoms with Crippen molar-refractivity contribution in [3.8, 4) is 0 Å². The minimum absolute atomic E-state index is 0.132. The molecular formula is C18H26N2O3S. The van der Waals surface area contributed by atoms with Crippen LogP contribution in [0.2, 0.25) is 0 Å². The lowest BCUT2D eigenvalue weighted by molar-refractivity contribution is 0.214. The predicted molar refractivity (Wildman–Crippen MR) is 94.9 cm³/mol. The fraction of sp³-hybridized carbons (Fsp3) is 0.611. The van der Waals surface area contributed by atoms with Gasteiger partial charge in [-0.05, 0) is 43.9 Å². The smallest absolute Gasteiger partial charge is 0.321 e. The standard InChI is InChI=1S/C18H26N2O3S/c21-18(20-12-5-1-2-6-13-20)19-15-8-7-11-17(14-15)24(22,23)16-9-3-4-10-16/h7-8,11,14,16H,1-6,9-10,12-13H2,(H,19,21). The van der Waals surface area contributed by atoms with Crippen molar-refractivity contribution >= 4 is 21.6 Å². The number of nitrogens with one attached hydrogen (secondary N) is 1. The molecule has 0 aromatic heterocycles. The van der Waals surface area contributed by atoms with E-state index >= 15 is 0 Å². The second kappa shape index (κ2) is 7.55. The zero-order valence-electron chi connectivity index (χ0n) is 14.0. The summed E-state index contributed by atoms with van der Waals surface area (Å²) >= 11 is 0. The highest BCUT2D eigenvalue weighted by Crippen LogP contribution is 2.30. The topological polar surface area (TPSA) is 66.5 Å². The molecule has 5 nitrogen and oxygen atoms in total. The van der Waals surface area contributed by atoms with E-state index in [0.29, 0.717) is 10.6 Å². The summed E-state index contributed by atoms with van der Waals surface area (Å²) in [5.74, 6) is 0. The molecule has 2 aliphatic rings. The Kier molecular flexibility index (Phi) is 5.43. The van der Waals surface area contributed by atoms with Crippen LogP contribution in [0.4, 0.5) is 10.5 Å². The fourth-order valence-corrected chi connectivity index (χ4v) is 5.52. The van der Waals surface area contributed by atoms with Crippen LogP contribution in [0, 0.1) is 0 Å². The number of carbonyl (C=O) groups is 1. The Hall–Kier alpha value is -1.56. The van der Waals surface area contributed by atoms with E-state index in [-0.39, 0.29) is 11.3 Å². The van der Waals surface area contributed by atoms with Crippen molar-refractivity contribution in [2.24, 2.45) is 0 Å². The normalized spacial score (nSPS) is 19.9. The Morgan fingerprint density at radius 3 is 2.33 bits per heavy atom. The van der Waals surface area contributed by atoms with E-state index in [1.165, 1.54) is 12.8 Å². The molecule has 0 bridgehead atoms. The molecule has 1 aromatic rings. The maximum absolute atomic E-state index is 12.7. The Morgan fingerprint density at radius 2 is 1.67 bits per heavy atom. The molecule has 3 rings (SSSR count). The minimum Gasteiger partial charge on any atom is -0.325 e. The summed E-state index contributed by atoms with van der Waals surface area (Å²) in [5, 5.41) is 2.60. The van der Waals surface area contributed by atoms with Crippen molar-refractivity contribution in [3.63, 3.8) is 0 Å². The zero-order chi connectivity index (χ0) is 17.0.